The summed E-state index contributed by atoms with van der Waals surface area (Å²) in [6, 6.07) is 13.8. The molecular weight excluding hydrogens is 406 g/mol. The minimum atomic E-state index is -0.938. The van der Waals surface area contributed by atoms with Gasteiger partial charge in [-0.1, -0.05) is 37.3 Å². The van der Waals surface area contributed by atoms with Crippen LogP contribution in [0.25, 0.3) is 11.5 Å². The lowest BCUT2D eigenvalue weighted by atomic mass is 10.0. The second-order valence-corrected chi connectivity index (χ2v) is 7.95. The lowest BCUT2D eigenvalue weighted by Crippen LogP contribution is -2.26. The number of hydrogen-bond acceptors (Lipinski definition) is 5. The zero-order valence-electron chi connectivity index (χ0n) is 19.2. The van der Waals surface area contributed by atoms with Crippen LogP contribution in [-0.2, 0) is 22.4 Å². The third-order valence-corrected chi connectivity index (χ3v) is 5.24. The molecule has 3 rings (SSSR count). The van der Waals surface area contributed by atoms with Gasteiger partial charge in [-0.2, -0.15) is 0 Å². The molecule has 0 saturated carbocycles. The minimum absolute atomic E-state index is 0.331. The first-order chi connectivity index (χ1) is 15.4. The quantitative estimate of drug-likeness (QED) is 0.438. The smallest absolute Gasteiger partial charge is 0.333 e. The van der Waals surface area contributed by atoms with Gasteiger partial charge in [-0.3, -0.25) is 0 Å². The number of ether oxygens (including phenoxy) is 2. The maximum absolute atomic E-state index is 11.5. The van der Waals surface area contributed by atoms with Gasteiger partial charge in [0.2, 0.25) is 5.89 Å². The molecule has 6 heteroatoms. The average molecular weight is 438 g/mol. The van der Waals surface area contributed by atoms with E-state index in [0.717, 1.165) is 45.9 Å². The number of carboxylic acid groups (broad SMARTS) is 1. The molecule has 32 heavy (non-hydrogen) atoms. The molecule has 0 aliphatic carbocycles. The summed E-state index contributed by atoms with van der Waals surface area (Å²) in [5, 5.41) is 9.41. The van der Waals surface area contributed by atoms with Crippen molar-refractivity contribution in [2.45, 2.75) is 53.1 Å². The molecule has 0 aliphatic rings. The van der Waals surface area contributed by atoms with Crippen molar-refractivity contribution < 1.29 is 23.8 Å². The van der Waals surface area contributed by atoms with E-state index in [1.165, 1.54) is 0 Å². The van der Waals surface area contributed by atoms with Crippen LogP contribution >= 0.6 is 0 Å². The monoisotopic (exact) mass is 437 g/mol. The van der Waals surface area contributed by atoms with E-state index < -0.39 is 12.1 Å². The molecule has 0 aliphatic heterocycles. The number of hydrogen-bond donors (Lipinski definition) is 1. The highest BCUT2D eigenvalue weighted by Crippen LogP contribution is 2.27. The molecular formula is C26H31NO5. The van der Waals surface area contributed by atoms with Crippen LogP contribution in [-0.4, -0.2) is 35.4 Å². The normalized spacial score (nSPS) is 12.0. The number of aromatic nitrogens is 1. The van der Waals surface area contributed by atoms with E-state index in [1.54, 1.807) is 0 Å². The van der Waals surface area contributed by atoms with Crippen molar-refractivity contribution in [2.24, 2.45) is 0 Å². The van der Waals surface area contributed by atoms with E-state index in [-0.39, 0.29) is 0 Å². The molecule has 1 atom stereocenters. The predicted molar refractivity (Wildman–Crippen MR) is 123 cm³/mol. The number of benzene rings is 2. The number of aliphatic carboxylic acids is 1. The molecule has 0 saturated heterocycles. The molecule has 1 unspecified atom stereocenters. The lowest BCUT2D eigenvalue weighted by Gasteiger charge is -2.17. The van der Waals surface area contributed by atoms with Crippen LogP contribution in [0.4, 0.5) is 0 Å². The Labute approximate surface area is 189 Å². The summed E-state index contributed by atoms with van der Waals surface area (Å²) >= 11 is 0. The van der Waals surface area contributed by atoms with Crippen LogP contribution in [0, 0.1) is 20.8 Å². The SMILES string of the molecule is CCCOC(Cc1cc(C)c(OCCc2nc(-c3ccccc3)oc2C)c(C)c1)C(=O)O. The highest BCUT2D eigenvalue weighted by Gasteiger charge is 2.19. The Hall–Kier alpha value is -3.12. The van der Waals surface area contributed by atoms with E-state index >= 15 is 0 Å². The molecule has 0 radical (unpaired) electrons. The predicted octanol–water partition coefficient (Wildman–Crippen LogP) is 5.31. The van der Waals surface area contributed by atoms with E-state index in [0.29, 0.717) is 31.9 Å². The van der Waals surface area contributed by atoms with Crippen molar-refractivity contribution in [1.29, 1.82) is 0 Å². The minimum Gasteiger partial charge on any atom is -0.493 e. The molecule has 2 aromatic carbocycles. The van der Waals surface area contributed by atoms with Gasteiger partial charge in [0.1, 0.15) is 11.5 Å². The summed E-state index contributed by atoms with van der Waals surface area (Å²) in [4.78, 5) is 16.1. The van der Waals surface area contributed by atoms with Gasteiger partial charge in [-0.05, 0) is 56.0 Å². The number of carbonyl (C=O) groups is 1. The standard InChI is InChI=1S/C26H31NO5/c1-5-12-30-23(26(28)29)16-20-14-17(2)24(18(3)15-20)31-13-11-22-19(4)32-25(27-22)21-9-7-6-8-10-21/h6-10,14-15,23H,5,11-13,16H2,1-4H3,(H,28,29). The topological polar surface area (TPSA) is 81.8 Å². The molecule has 0 bridgehead atoms. The van der Waals surface area contributed by atoms with E-state index in [4.69, 9.17) is 13.9 Å². The van der Waals surface area contributed by atoms with E-state index in [9.17, 15) is 9.90 Å². The van der Waals surface area contributed by atoms with Gasteiger partial charge in [0, 0.05) is 25.0 Å². The Morgan fingerprint density at radius 3 is 2.41 bits per heavy atom. The molecule has 170 valence electrons. The molecule has 1 N–H and O–H groups in total. The van der Waals surface area contributed by atoms with Crippen LogP contribution in [0.2, 0.25) is 0 Å². The molecule has 6 nitrogen and oxygen atoms in total. The van der Waals surface area contributed by atoms with Gasteiger partial charge in [-0.15, -0.1) is 0 Å². The second-order valence-electron chi connectivity index (χ2n) is 7.95. The second kappa shape index (κ2) is 11.0. The Morgan fingerprint density at radius 2 is 1.78 bits per heavy atom. The Balaban J connectivity index is 1.63. The number of carboxylic acids is 1. The number of oxazole rings is 1. The van der Waals surface area contributed by atoms with Crippen LogP contribution < -0.4 is 4.74 Å². The van der Waals surface area contributed by atoms with Crippen molar-refractivity contribution in [3.63, 3.8) is 0 Å². The van der Waals surface area contributed by atoms with Crippen molar-refractivity contribution in [1.82, 2.24) is 4.98 Å². The fourth-order valence-electron chi connectivity index (χ4n) is 3.69. The molecule has 1 aromatic heterocycles. The van der Waals surface area contributed by atoms with Crippen molar-refractivity contribution in [3.05, 3.63) is 70.6 Å². The zero-order chi connectivity index (χ0) is 23.1. The molecule has 0 spiro atoms. The fourth-order valence-corrected chi connectivity index (χ4v) is 3.69. The largest absolute Gasteiger partial charge is 0.493 e. The van der Waals surface area contributed by atoms with Gasteiger partial charge in [-0.25, -0.2) is 9.78 Å². The number of aryl methyl sites for hydroxylation is 3. The first-order valence-corrected chi connectivity index (χ1v) is 11.0. The lowest BCUT2D eigenvalue weighted by molar-refractivity contribution is -0.150. The van der Waals surface area contributed by atoms with Crippen molar-refractivity contribution in [2.75, 3.05) is 13.2 Å². The van der Waals surface area contributed by atoms with Crippen LogP contribution in [0.1, 0.15) is 41.5 Å². The van der Waals surface area contributed by atoms with Crippen molar-refractivity contribution in [3.8, 4) is 17.2 Å². The van der Waals surface area contributed by atoms with Crippen LogP contribution in [0.3, 0.4) is 0 Å². The van der Waals surface area contributed by atoms with Crippen LogP contribution in [0.15, 0.2) is 46.9 Å². The summed E-state index contributed by atoms with van der Waals surface area (Å²) in [7, 11) is 0. The van der Waals surface area contributed by atoms with Gasteiger partial charge < -0.3 is 19.0 Å². The number of nitrogens with zero attached hydrogens (tertiary/aromatic N) is 1. The Kier molecular flexibility index (Phi) is 8.06. The zero-order valence-corrected chi connectivity index (χ0v) is 19.2. The molecule has 0 amide bonds. The van der Waals surface area contributed by atoms with Gasteiger partial charge in [0.25, 0.3) is 0 Å². The highest BCUT2D eigenvalue weighted by atomic mass is 16.5. The van der Waals surface area contributed by atoms with Crippen molar-refractivity contribution >= 4 is 5.97 Å². The van der Waals surface area contributed by atoms with Gasteiger partial charge >= 0.3 is 5.97 Å². The number of rotatable bonds is 11. The fraction of sp³-hybridized carbons (Fsp3) is 0.385. The summed E-state index contributed by atoms with van der Waals surface area (Å²) in [6.45, 7) is 8.73. The maximum Gasteiger partial charge on any atom is 0.333 e. The summed E-state index contributed by atoms with van der Waals surface area (Å²) in [5.74, 6) is 1.29. The molecule has 1 heterocycles. The third-order valence-electron chi connectivity index (χ3n) is 5.24. The Bertz CT molecular complexity index is 1020. The van der Waals surface area contributed by atoms with Gasteiger partial charge in [0.05, 0.1) is 12.3 Å². The summed E-state index contributed by atoms with van der Waals surface area (Å²) < 4.78 is 17.4. The highest BCUT2D eigenvalue weighted by molar-refractivity contribution is 5.72. The summed E-state index contributed by atoms with van der Waals surface area (Å²) in [6.07, 6.45) is 0.910. The molecule has 3 aromatic rings. The maximum atomic E-state index is 11.5. The van der Waals surface area contributed by atoms with Gasteiger partial charge in [0.15, 0.2) is 6.10 Å². The third kappa shape index (κ3) is 5.98. The molecule has 0 fully saturated rings. The first kappa shape index (κ1) is 23.5. The van der Waals surface area contributed by atoms with E-state index in [2.05, 4.69) is 4.98 Å². The van der Waals surface area contributed by atoms with Crippen LogP contribution in [0.5, 0.6) is 5.75 Å². The first-order valence-electron chi connectivity index (χ1n) is 11.0. The summed E-state index contributed by atoms with van der Waals surface area (Å²) in [5.41, 5.74) is 4.71. The van der Waals surface area contributed by atoms with E-state index in [1.807, 2.05) is 70.2 Å². The Morgan fingerprint density at radius 1 is 1.09 bits per heavy atom. The average Bonchev–Trinajstić information content (AvgIpc) is 3.14.